The monoisotopic (exact) mass is 460 g/mol. The van der Waals surface area contributed by atoms with Crippen LogP contribution in [0.2, 0.25) is 0 Å². The Kier molecular flexibility index (Phi) is 4.89. The molecular formula is C19H17IN4S. The highest BCUT2D eigenvalue weighted by molar-refractivity contribution is 14.1. The van der Waals surface area contributed by atoms with Crippen molar-refractivity contribution in [1.29, 1.82) is 0 Å². The van der Waals surface area contributed by atoms with E-state index in [-0.39, 0.29) is 0 Å². The number of rotatable bonds is 4. The molecule has 0 radical (unpaired) electrons. The van der Waals surface area contributed by atoms with E-state index in [0.717, 1.165) is 35.0 Å². The second-order valence-corrected chi connectivity index (χ2v) is 8.17. The van der Waals surface area contributed by atoms with Gasteiger partial charge < -0.3 is 0 Å². The van der Waals surface area contributed by atoms with E-state index in [4.69, 9.17) is 4.99 Å². The van der Waals surface area contributed by atoms with E-state index in [9.17, 15) is 0 Å². The van der Waals surface area contributed by atoms with Crippen molar-refractivity contribution in [2.45, 2.75) is 24.8 Å². The second kappa shape index (κ2) is 7.29. The summed E-state index contributed by atoms with van der Waals surface area (Å²) < 4.78 is 3.28. The van der Waals surface area contributed by atoms with Crippen LogP contribution in [0.3, 0.4) is 0 Å². The van der Waals surface area contributed by atoms with Gasteiger partial charge in [0.15, 0.2) is 5.82 Å². The molecule has 126 valence electrons. The summed E-state index contributed by atoms with van der Waals surface area (Å²) in [6.45, 7) is 2.74. The molecule has 0 bridgehead atoms. The van der Waals surface area contributed by atoms with Gasteiger partial charge in [-0.2, -0.15) is 0 Å². The van der Waals surface area contributed by atoms with E-state index in [1.54, 1.807) is 6.33 Å². The topological polar surface area (TPSA) is 43.1 Å². The standard InChI is InChI=1S/C19H17IN4S/c1-2-9-25-16-8-4-7-15-18(16)19(13-5-3-6-14(20)10-13)21-11-17-23-22-12-24(15)17/h3-8,10,12H,2,9,11H2,1H3. The molecule has 0 unspecified atom stereocenters. The zero-order valence-electron chi connectivity index (χ0n) is 13.8. The number of fused-ring (bicyclic) bond motifs is 3. The van der Waals surface area contributed by atoms with Crippen molar-refractivity contribution in [2.75, 3.05) is 5.75 Å². The minimum absolute atomic E-state index is 0.535. The highest BCUT2D eigenvalue weighted by Gasteiger charge is 2.22. The quantitative estimate of drug-likeness (QED) is 0.418. The Morgan fingerprint density at radius 2 is 2.08 bits per heavy atom. The van der Waals surface area contributed by atoms with Crippen molar-refractivity contribution < 1.29 is 0 Å². The third kappa shape index (κ3) is 3.25. The molecule has 6 heteroatoms. The minimum atomic E-state index is 0.535. The van der Waals surface area contributed by atoms with E-state index in [0.29, 0.717) is 6.54 Å². The van der Waals surface area contributed by atoms with E-state index in [1.807, 2.05) is 11.8 Å². The van der Waals surface area contributed by atoms with Gasteiger partial charge >= 0.3 is 0 Å². The summed E-state index contributed by atoms with van der Waals surface area (Å²) in [5.41, 5.74) is 4.48. The van der Waals surface area contributed by atoms with E-state index in [2.05, 4.69) is 86.7 Å². The number of benzene rings is 2. The summed E-state index contributed by atoms with van der Waals surface area (Å²) in [6.07, 6.45) is 2.93. The lowest BCUT2D eigenvalue weighted by Gasteiger charge is -2.16. The minimum Gasteiger partial charge on any atom is -0.283 e. The van der Waals surface area contributed by atoms with Crippen LogP contribution in [-0.2, 0) is 6.54 Å². The number of hydrogen-bond acceptors (Lipinski definition) is 4. The molecular weight excluding hydrogens is 443 g/mol. The first kappa shape index (κ1) is 16.8. The predicted octanol–water partition coefficient (Wildman–Crippen LogP) is 4.73. The van der Waals surface area contributed by atoms with Crippen LogP contribution < -0.4 is 0 Å². The third-order valence-electron chi connectivity index (χ3n) is 4.06. The largest absolute Gasteiger partial charge is 0.283 e. The fraction of sp³-hybridized carbons (Fsp3) is 0.211. The molecule has 2 heterocycles. The van der Waals surface area contributed by atoms with E-state index < -0.39 is 0 Å². The summed E-state index contributed by atoms with van der Waals surface area (Å²) in [5, 5.41) is 8.33. The summed E-state index contributed by atoms with van der Waals surface area (Å²) in [5.74, 6) is 1.96. The number of halogens is 1. The SMILES string of the molecule is CCCSc1cccc2c1C(c1cccc(I)c1)=NCc1nncn1-2. The Balaban J connectivity index is 1.95. The molecule has 2 aromatic carbocycles. The highest BCUT2D eigenvalue weighted by atomic mass is 127. The number of aliphatic imine (C=N–C) groups is 1. The Morgan fingerprint density at radius 3 is 2.92 bits per heavy atom. The lowest BCUT2D eigenvalue weighted by molar-refractivity contribution is 0.870. The first-order valence-electron chi connectivity index (χ1n) is 8.23. The molecule has 0 saturated carbocycles. The van der Waals surface area contributed by atoms with Crippen molar-refractivity contribution in [3.63, 3.8) is 0 Å². The molecule has 0 aliphatic carbocycles. The van der Waals surface area contributed by atoms with E-state index in [1.165, 1.54) is 14.0 Å². The molecule has 0 saturated heterocycles. The molecule has 0 fully saturated rings. The van der Waals surface area contributed by atoms with Crippen molar-refractivity contribution >= 4 is 40.1 Å². The van der Waals surface area contributed by atoms with Gasteiger partial charge in [0.05, 0.1) is 11.4 Å². The molecule has 25 heavy (non-hydrogen) atoms. The van der Waals surface area contributed by atoms with Crippen LogP contribution in [0.25, 0.3) is 5.69 Å². The van der Waals surface area contributed by atoms with Crippen LogP contribution in [0.4, 0.5) is 0 Å². The number of thioether (sulfide) groups is 1. The molecule has 1 aliphatic heterocycles. The average molecular weight is 460 g/mol. The first-order valence-corrected chi connectivity index (χ1v) is 10.3. The summed E-state index contributed by atoms with van der Waals surface area (Å²) >= 11 is 4.24. The Hall–Kier alpha value is -1.67. The van der Waals surface area contributed by atoms with Crippen LogP contribution in [0.5, 0.6) is 0 Å². The fourth-order valence-electron chi connectivity index (χ4n) is 2.96. The van der Waals surface area contributed by atoms with Crippen LogP contribution in [0.1, 0.15) is 30.3 Å². The Bertz CT molecular complexity index is 948. The highest BCUT2D eigenvalue weighted by Crippen LogP contribution is 2.33. The number of nitrogens with zero attached hydrogens (tertiary/aromatic N) is 4. The van der Waals surface area contributed by atoms with Gasteiger partial charge in [-0.1, -0.05) is 25.1 Å². The van der Waals surface area contributed by atoms with Crippen LogP contribution in [-0.4, -0.2) is 26.2 Å². The summed E-state index contributed by atoms with van der Waals surface area (Å²) in [7, 11) is 0. The fourth-order valence-corrected chi connectivity index (χ4v) is 4.45. The van der Waals surface area contributed by atoms with Crippen molar-refractivity contribution in [3.05, 3.63) is 69.3 Å². The molecule has 0 atom stereocenters. The maximum Gasteiger partial charge on any atom is 0.159 e. The molecule has 0 amide bonds. The number of hydrogen-bond donors (Lipinski definition) is 0. The van der Waals surface area contributed by atoms with Gasteiger partial charge in [0, 0.05) is 19.6 Å². The second-order valence-electron chi connectivity index (χ2n) is 5.79. The van der Waals surface area contributed by atoms with Gasteiger partial charge in [0.1, 0.15) is 12.9 Å². The van der Waals surface area contributed by atoms with Crippen LogP contribution in [0.15, 0.2) is 58.7 Å². The average Bonchev–Trinajstić information content (AvgIpc) is 3.03. The molecule has 1 aliphatic rings. The molecule has 0 spiro atoms. The smallest absolute Gasteiger partial charge is 0.159 e. The van der Waals surface area contributed by atoms with Gasteiger partial charge in [-0.3, -0.25) is 9.56 Å². The maximum atomic E-state index is 4.93. The molecule has 4 rings (SSSR count). The van der Waals surface area contributed by atoms with Gasteiger partial charge in [-0.25, -0.2) is 0 Å². The summed E-state index contributed by atoms with van der Waals surface area (Å²) in [6, 6.07) is 15.0. The zero-order chi connectivity index (χ0) is 17.2. The van der Waals surface area contributed by atoms with Crippen LogP contribution >= 0.6 is 34.4 Å². The van der Waals surface area contributed by atoms with Gasteiger partial charge in [0.2, 0.25) is 0 Å². The number of aromatic nitrogens is 3. The molecule has 3 aromatic rings. The van der Waals surface area contributed by atoms with E-state index >= 15 is 0 Å². The Labute approximate surface area is 164 Å². The van der Waals surface area contributed by atoms with Gasteiger partial charge in [-0.05, 0) is 59.0 Å². The first-order chi connectivity index (χ1) is 12.3. The zero-order valence-corrected chi connectivity index (χ0v) is 16.8. The van der Waals surface area contributed by atoms with Crippen molar-refractivity contribution in [1.82, 2.24) is 14.8 Å². The maximum absolute atomic E-state index is 4.93. The normalized spacial score (nSPS) is 13.0. The Morgan fingerprint density at radius 1 is 1.20 bits per heavy atom. The lowest BCUT2D eigenvalue weighted by Crippen LogP contribution is -2.09. The molecule has 0 N–H and O–H groups in total. The van der Waals surface area contributed by atoms with Gasteiger partial charge in [-0.15, -0.1) is 22.0 Å². The molecule has 4 nitrogen and oxygen atoms in total. The van der Waals surface area contributed by atoms with Crippen molar-refractivity contribution in [2.24, 2.45) is 4.99 Å². The van der Waals surface area contributed by atoms with Crippen molar-refractivity contribution in [3.8, 4) is 5.69 Å². The third-order valence-corrected chi connectivity index (χ3v) is 5.99. The van der Waals surface area contributed by atoms with Gasteiger partial charge in [0.25, 0.3) is 0 Å². The predicted molar refractivity (Wildman–Crippen MR) is 111 cm³/mol. The molecule has 1 aromatic heterocycles. The summed E-state index contributed by atoms with van der Waals surface area (Å²) in [4.78, 5) is 6.20. The lowest BCUT2D eigenvalue weighted by atomic mass is 10.0. The van der Waals surface area contributed by atoms with Crippen LogP contribution in [0, 0.1) is 3.57 Å².